The Labute approximate surface area is 554 Å². The lowest BCUT2D eigenvalue weighted by Gasteiger charge is -2.21. The molecule has 0 amide bonds. The zero-order valence-corrected chi connectivity index (χ0v) is 60.4. The van der Waals surface area contributed by atoms with Crippen LogP contribution in [0.2, 0.25) is 0 Å². The predicted molar refractivity (Wildman–Crippen MR) is 367 cm³/mol. The number of unbranched alkanes of at least 4 members (excludes halogenated alkanes) is 34. The number of rotatable bonds is 69. The third-order valence-electron chi connectivity index (χ3n) is 16.8. The molecule has 0 aliphatic rings. The molecular weight excluding hydrogens is 1200 g/mol. The summed E-state index contributed by atoms with van der Waals surface area (Å²) in [5.74, 6) is -0.657. The second kappa shape index (κ2) is 63.6. The Balaban J connectivity index is 5.30. The van der Waals surface area contributed by atoms with Crippen LogP contribution in [0, 0.1) is 11.8 Å². The smallest absolute Gasteiger partial charge is 0.462 e. The van der Waals surface area contributed by atoms with Gasteiger partial charge in [-0.25, -0.2) is 9.13 Å². The number of esters is 4. The van der Waals surface area contributed by atoms with Gasteiger partial charge in [0.1, 0.15) is 19.3 Å². The molecule has 0 aromatic heterocycles. The summed E-state index contributed by atoms with van der Waals surface area (Å²) in [4.78, 5) is 72.6. The minimum atomic E-state index is -4.96. The highest BCUT2D eigenvalue weighted by atomic mass is 31.2. The molecule has 0 rings (SSSR count). The van der Waals surface area contributed by atoms with Gasteiger partial charge in [0.2, 0.25) is 0 Å². The molecule has 19 heteroatoms. The van der Waals surface area contributed by atoms with E-state index in [4.69, 9.17) is 37.0 Å². The summed E-state index contributed by atoms with van der Waals surface area (Å²) in [6.45, 7) is 9.45. The number of allylic oxidation sites excluding steroid dienone is 4. The number of aliphatic hydroxyl groups is 1. The molecule has 0 saturated carbocycles. The van der Waals surface area contributed by atoms with Crippen molar-refractivity contribution in [1.29, 1.82) is 0 Å². The Morgan fingerprint density at radius 2 is 0.615 bits per heavy atom. The van der Waals surface area contributed by atoms with Gasteiger partial charge in [0.25, 0.3) is 0 Å². The molecule has 17 nitrogen and oxygen atoms in total. The molecule has 0 aromatic rings. The quantitative estimate of drug-likeness (QED) is 0.0169. The number of hydrogen-bond donors (Lipinski definition) is 3. The summed E-state index contributed by atoms with van der Waals surface area (Å²) >= 11 is 0. The highest BCUT2D eigenvalue weighted by molar-refractivity contribution is 7.47. The maximum Gasteiger partial charge on any atom is 0.472 e. The van der Waals surface area contributed by atoms with Crippen LogP contribution in [0.4, 0.5) is 0 Å². The van der Waals surface area contributed by atoms with Gasteiger partial charge >= 0.3 is 39.5 Å². The molecule has 3 N–H and O–H groups in total. The SMILES string of the molecule is CCCCCC/C=C\C=C/CCCCCCCC(=O)O[C@H](COC(=O)CCCCCCCCCCCCCCCC)COP(=O)(O)OC[C@@H](O)COP(=O)(O)OC[C@@H](COC(=O)CCCCCCCCC(C)CC)OC(=O)CCCCCCCCCCC(C)CC. The molecular formula is C72H136O17P2. The van der Waals surface area contributed by atoms with E-state index >= 15 is 0 Å². The van der Waals surface area contributed by atoms with E-state index in [1.165, 1.54) is 141 Å². The lowest BCUT2D eigenvalue weighted by molar-refractivity contribution is -0.161. The molecule has 0 heterocycles. The fourth-order valence-electron chi connectivity index (χ4n) is 10.3. The van der Waals surface area contributed by atoms with Crippen molar-refractivity contribution in [3.8, 4) is 0 Å². The van der Waals surface area contributed by atoms with Crippen LogP contribution in [0.5, 0.6) is 0 Å². The fraction of sp³-hybridized carbons (Fsp3) is 0.889. The molecule has 0 aliphatic heterocycles. The first-order valence-electron chi connectivity index (χ1n) is 36.9. The Kier molecular flexibility index (Phi) is 61.9. The van der Waals surface area contributed by atoms with Crippen molar-refractivity contribution in [3.05, 3.63) is 24.3 Å². The topological polar surface area (TPSA) is 237 Å². The van der Waals surface area contributed by atoms with Gasteiger partial charge in [-0.1, -0.05) is 291 Å². The molecule has 0 spiro atoms. The minimum Gasteiger partial charge on any atom is -0.462 e. The Hall–Kier alpha value is -2.46. The number of carbonyl (C=O) groups is 4. The molecule has 0 fully saturated rings. The van der Waals surface area contributed by atoms with Gasteiger partial charge in [-0.15, -0.1) is 0 Å². The number of phosphoric ester groups is 2. The number of ether oxygens (including phenoxy) is 4. The highest BCUT2D eigenvalue weighted by Crippen LogP contribution is 2.45. The normalized spacial score (nSPS) is 14.9. The van der Waals surface area contributed by atoms with Crippen LogP contribution in [0.1, 0.15) is 343 Å². The Bertz CT molecular complexity index is 1870. The summed E-state index contributed by atoms with van der Waals surface area (Å²) in [7, 11) is -9.92. The molecule has 0 bridgehead atoms. The average Bonchev–Trinajstić information content (AvgIpc) is 3.66. The van der Waals surface area contributed by atoms with E-state index < -0.39 is 97.5 Å². The molecule has 0 radical (unpaired) electrons. The summed E-state index contributed by atoms with van der Waals surface area (Å²) in [6, 6.07) is 0. The number of carbonyl (C=O) groups excluding carboxylic acids is 4. The van der Waals surface area contributed by atoms with Crippen molar-refractivity contribution in [2.24, 2.45) is 11.8 Å². The predicted octanol–water partition coefficient (Wildman–Crippen LogP) is 20.3. The van der Waals surface area contributed by atoms with Gasteiger partial charge in [-0.3, -0.25) is 37.3 Å². The van der Waals surface area contributed by atoms with Crippen molar-refractivity contribution in [2.45, 2.75) is 362 Å². The first-order chi connectivity index (χ1) is 43.9. The van der Waals surface area contributed by atoms with Gasteiger partial charge < -0.3 is 33.8 Å². The van der Waals surface area contributed by atoms with E-state index in [0.29, 0.717) is 25.7 Å². The molecule has 7 atom stereocenters. The van der Waals surface area contributed by atoms with Crippen molar-refractivity contribution < 1.29 is 80.2 Å². The second-order valence-corrected chi connectivity index (χ2v) is 28.7. The van der Waals surface area contributed by atoms with E-state index in [0.717, 1.165) is 121 Å². The van der Waals surface area contributed by atoms with Crippen LogP contribution in [0.25, 0.3) is 0 Å². The van der Waals surface area contributed by atoms with Gasteiger partial charge in [0.05, 0.1) is 26.4 Å². The van der Waals surface area contributed by atoms with Crippen molar-refractivity contribution in [2.75, 3.05) is 39.6 Å². The lowest BCUT2D eigenvalue weighted by atomic mass is 9.99. The van der Waals surface area contributed by atoms with Crippen molar-refractivity contribution in [1.82, 2.24) is 0 Å². The van der Waals surface area contributed by atoms with Crippen molar-refractivity contribution in [3.63, 3.8) is 0 Å². The fourth-order valence-corrected chi connectivity index (χ4v) is 11.9. The van der Waals surface area contributed by atoms with Crippen molar-refractivity contribution >= 4 is 39.5 Å². The zero-order chi connectivity index (χ0) is 67.2. The minimum absolute atomic E-state index is 0.0851. The summed E-state index contributed by atoms with van der Waals surface area (Å²) in [6.07, 6.45) is 52.1. The van der Waals surface area contributed by atoms with Gasteiger partial charge in [-0.2, -0.15) is 0 Å². The first kappa shape index (κ1) is 88.5. The third-order valence-corrected chi connectivity index (χ3v) is 18.7. The van der Waals surface area contributed by atoms with Crippen LogP contribution in [0.15, 0.2) is 24.3 Å². The van der Waals surface area contributed by atoms with Crippen LogP contribution in [-0.4, -0.2) is 96.7 Å². The van der Waals surface area contributed by atoms with Gasteiger partial charge in [0.15, 0.2) is 12.2 Å². The molecule has 4 unspecified atom stereocenters. The number of hydrogen-bond acceptors (Lipinski definition) is 15. The Morgan fingerprint density at radius 3 is 0.934 bits per heavy atom. The molecule has 0 aliphatic carbocycles. The van der Waals surface area contributed by atoms with Crippen LogP contribution in [0.3, 0.4) is 0 Å². The largest absolute Gasteiger partial charge is 0.472 e. The Morgan fingerprint density at radius 1 is 0.352 bits per heavy atom. The first-order valence-corrected chi connectivity index (χ1v) is 39.9. The number of phosphoric acid groups is 2. The monoisotopic (exact) mass is 1330 g/mol. The van der Waals surface area contributed by atoms with Crippen LogP contribution in [-0.2, 0) is 65.4 Å². The molecule has 0 aromatic carbocycles. The van der Waals surface area contributed by atoms with E-state index in [1.807, 2.05) is 0 Å². The lowest BCUT2D eigenvalue weighted by Crippen LogP contribution is -2.30. The van der Waals surface area contributed by atoms with Crippen LogP contribution < -0.4 is 0 Å². The summed E-state index contributed by atoms with van der Waals surface area (Å²) in [5.41, 5.74) is 0. The maximum absolute atomic E-state index is 13.0. The van der Waals surface area contributed by atoms with E-state index in [2.05, 4.69) is 65.8 Å². The zero-order valence-electron chi connectivity index (χ0n) is 58.6. The second-order valence-electron chi connectivity index (χ2n) is 25.8. The van der Waals surface area contributed by atoms with Crippen LogP contribution >= 0.6 is 15.6 Å². The van der Waals surface area contributed by atoms with E-state index in [1.54, 1.807) is 0 Å². The van der Waals surface area contributed by atoms with E-state index in [-0.39, 0.29) is 25.7 Å². The number of aliphatic hydroxyl groups excluding tert-OH is 1. The highest BCUT2D eigenvalue weighted by Gasteiger charge is 2.30. The average molecular weight is 1340 g/mol. The van der Waals surface area contributed by atoms with Gasteiger partial charge in [0, 0.05) is 25.7 Å². The standard InChI is InChI=1S/C72H136O17P2/c1-7-11-13-15-17-19-21-23-25-27-29-31-36-44-50-56-71(76)88-67(60-82-69(74)54-48-42-35-30-28-26-24-22-20-18-16-14-12-8-2)62-86-90(78,79)84-58-66(73)59-85-91(80,81)87-63-68(61-83-70(75)55-49-43-39-38-41-47-53-65(6)10-4)89-72(77)57-51-45-37-33-32-34-40-46-52-64(5)9-3/h19,21,23,25,64-68,73H,7-18,20,22,24,26-63H2,1-6H3,(H,78,79)(H,80,81)/b21-19-,25-23-/t64?,65?,66-,67-,68-/m1/s1. The molecule has 536 valence electrons. The molecule has 0 saturated heterocycles. The summed E-state index contributed by atoms with van der Waals surface area (Å²) < 4.78 is 68.3. The summed E-state index contributed by atoms with van der Waals surface area (Å²) in [5, 5.41) is 10.6. The van der Waals surface area contributed by atoms with Gasteiger partial charge in [-0.05, 0) is 63.2 Å². The van der Waals surface area contributed by atoms with E-state index in [9.17, 15) is 43.2 Å². The third kappa shape index (κ3) is 63.4. The maximum atomic E-state index is 13.0. The molecule has 91 heavy (non-hydrogen) atoms.